The molecule has 0 saturated carbocycles. The fraction of sp³-hybridized carbons (Fsp3) is 0.450. The molecule has 1 saturated heterocycles. The van der Waals surface area contributed by atoms with E-state index < -0.39 is 0 Å². The molecule has 3 rings (SSSR count). The molecule has 7 nitrogen and oxygen atoms in total. The summed E-state index contributed by atoms with van der Waals surface area (Å²) in [6, 6.07) is 10.0. The van der Waals surface area contributed by atoms with Gasteiger partial charge in [0, 0.05) is 49.7 Å². The minimum atomic E-state index is 0.0688. The number of anilines is 3. The average molecular weight is 369 g/mol. The Morgan fingerprint density at radius 3 is 2.59 bits per heavy atom. The van der Waals surface area contributed by atoms with E-state index in [-0.39, 0.29) is 11.8 Å². The first-order chi connectivity index (χ1) is 13.1. The van der Waals surface area contributed by atoms with Crippen molar-refractivity contribution in [1.82, 2.24) is 15.3 Å². The van der Waals surface area contributed by atoms with Crippen LogP contribution in [0.5, 0.6) is 0 Å². The van der Waals surface area contributed by atoms with Gasteiger partial charge in [-0.3, -0.25) is 4.79 Å². The molecule has 0 atom stereocenters. The van der Waals surface area contributed by atoms with E-state index in [1.807, 2.05) is 25.1 Å². The fourth-order valence-corrected chi connectivity index (χ4v) is 2.96. The molecule has 1 aliphatic rings. The summed E-state index contributed by atoms with van der Waals surface area (Å²) in [5, 5.41) is 9.44. The molecule has 1 aliphatic heterocycles. The lowest BCUT2D eigenvalue weighted by Gasteiger charge is -2.21. The molecule has 1 aromatic heterocycles. The molecular formula is C20H27N5O2. The number of carbonyl (C=O) groups excluding carboxylic acids is 1. The van der Waals surface area contributed by atoms with Crippen LogP contribution in [0.25, 0.3) is 0 Å². The predicted octanol–water partition coefficient (Wildman–Crippen LogP) is 2.79. The van der Waals surface area contributed by atoms with Crippen molar-refractivity contribution >= 4 is 23.4 Å². The molecule has 0 spiro atoms. The Balaban J connectivity index is 1.49. The second kappa shape index (κ2) is 9.32. The summed E-state index contributed by atoms with van der Waals surface area (Å²) in [4.78, 5) is 21.0. The molecule has 0 unspecified atom stereocenters. The third-order valence-corrected chi connectivity index (χ3v) is 4.48. The number of ether oxygens (including phenoxy) is 1. The van der Waals surface area contributed by atoms with Gasteiger partial charge < -0.3 is 20.7 Å². The molecule has 27 heavy (non-hydrogen) atoms. The van der Waals surface area contributed by atoms with Gasteiger partial charge in [-0.05, 0) is 38.8 Å². The molecule has 2 heterocycles. The van der Waals surface area contributed by atoms with Crippen molar-refractivity contribution in [1.29, 1.82) is 0 Å². The summed E-state index contributed by atoms with van der Waals surface area (Å²) >= 11 is 0. The third kappa shape index (κ3) is 5.92. The predicted molar refractivity (Wildman–Crippen MR) is 106 cm³/mol. The van der Waals surface area contributed by atoms with Crippen molar-refractivity contribution in [2.75, 3.05) is 36.9 Å². The largest absolute Gasteiger partial charge is 0.381 e. The zero-order valence-electron chi connectivity index (χ0n) is 15.9. The van der Waals surface area contributed by atoms with Gasteiger partial charge in [-0.25, -0.2) is 4.98 Å². The van der Waals surface area contributed by atoms with Crippen molar-refractivity contribution in [2.45, 2.75) is 26.7 Å². The molecule has 0 aliphatic carbocycles. The molecule has 0 radical (unpaired) electrons. The standard InChI is InChI=1S/C20H27N5O2/c1-14-3-5-17(6-4-14)24-18-13-15(2)23-20(25-18)22-10-9-21-19(26)16-7-11-27-12-8-16/h3-6,13,16H,7-12H2,1-2H3,(H,21,26)(H2,22,23,24,25). The number of amides is 1. The van der Waals surface area contributed by atoms with Gasteiger partial charge >= 0.3 is 0 Å². The van der Waals surface area contributed by atoms with Gasteiger partial charge in [0.1, 0.15) is 5.82 Å². The van der Waals surface area contributed by atoms with Crippen molar-refractivity contribution < 1.29 is 9.53 Å². The van der Waals surface area contributed by atoms with Gasteiger partial charge in [-0.2, -0.15) is 4.98 Å². The lowest BCUT2D eigenvalue weighted by atomic mass is 9.99. The normalized spacial score (nSPS) is 14.6. The van der Waals surface area contributed by atoms with Crippen LogP contribution < -0.4 is 16.0 Å². The minimum Gasteiger partial charge on any atom is -0.381 e. The Labute approximate surface area is 159 Å². The molecule has 7 heteroatoms. The Kier molecular flexibility index (Phi) is 6.59. The van der Waals surface area contributed by atoms with E-state index in [1.165, 1.54) is 5.56 Å². The van der Waals surface area contributed by atoms with Crippen molar-refractivity contribution in [3.8, 4) is 0 Å². The summed E-state index contributed by atoms with van der Waals surface area (Å²) in [5.74, 6) is 1.45. The number of hydrogen-bond acceptors (Lipinski definition) is 6. The van der Waals surface area contributed by atoms with Gasteiger partial charge in [0.05, 0.1) is 0 Å². The van der Waals surface area contributed by atoms with E-state index in [0.717, 1.165) is 30.0 Å². The van der Waals surface area contributed by atoms with E-state index in [1.54, 1.807) is 0 Å². The van der Waals surface area contributed by atoms with Crippen LogP contribution in [0.1, 0.15) is 24.1 Å². The van der Waals surface area contributed by atoms with Gasteiger partial charge in [-0.1, -0.05) is 17.7 Å². The van der Waals surface area contributed by atoms with Crippen LogP contribution in [0.3, 0.4) is 0 Å². The first-order valence-electron chi connectivity index (χ1n) is 9.39. The van der Waals surface area contributed by atoms with E-state index in [2.05, 4.69) is 45.0 Å². The van der Waals surface area contributed by atoms with E-state index in [4.69, 9.17) is 4.74 Å². The summed E-state index contributed by atoms with van der Waals surface area (Å²) in [7, 11) is 0. The highest BCUT2D eigenvalue weighted by Gasteiger charge is 2.20. The van der Waals surface area contributed by atoms with Crippen LogP contribution in [-0.2, 0) is 9.53 Å². The van der Waals surface area contributed by atoms with Gasteiger partial charge in [0.25, 0.3) is 0 Å². The van der Waals surface area contributed by atoms with E-state index in [0.29, 0.717) is 32.3 Å². The minimum absolute atomic E-state index is 0.0688. The molecule has 3 N–H and O–H groups in total. The molecule has 1 aromatic carbocycles. The van der Waals surface area contributed by atoms with Crippen LogP contribution >= 0.6 is 0 Å². The highest BCUT2D eigenvalue weighted by Crippen LogP contribution is 2.17. The number of benzene rings is 1. The fourth-order valence-electron chi connectivity index (χ4n) is 2.96. The van der Waals surface area contributed by atoms with Gasteiger partial charge in [-0.15, -0.1) is 0 Å². The molecular weight excluding hydrogens is 342 g/mol. The third-order valence-electron chi connectivity index (χ3n) is 4.48. The van der Waals surface area contributed by atoms with Gasteiger partial charge in [0.15, 0.2) is 0 Å². The SMILES string of the molecule is Cc1ccc(Nc2cc(C)nc(NCCNC(=O)C3CCOCC3)n2)cc1. The average Bonchev–Trinajstić information content (AvgIpc) is 2.67. The number of nitrogens with zero attached hydrogens (tertiary/aromatic N) is 2. The quantitative estimate of drug-likeness (QED) is 0.651. The van der Waals surface area contributed by atoms with Crippen molar-refractivity contribution in [3.63, 3.8) is 0 Å². The van der Waals surface area contributed by atoms with Crippen LogP contribution in [0.4, 0.5) is 17.5 Å². The Morgan fingerprint density at radius 1 is 1.11 bits per heavy atom. The first kappa shape index (κ1) is 19.1. The maximum absolute atomic E-state index is 12.1. The second-order valence-electron chi connectivity index (χ2n) is 6.81. The maximum atomic E-state index is 12.1. The monoisotopic (exact) mass is 369 g/mol. The number of aromatic nitrogens is 2. The number of nitrogens with one attached hydrogen (secondary N) is 3. The lowest BCUT2D eigenvalue weighted by Crippen LogP contribution is -2.36. The lowest BCUT2D eigenvalue weighted by molar-refractivity contribution is -0.127. The van der Waals surface area contributed by atoms with E-state index >= 15 is 0 Å². The number of aryl methyl sites for hydroxylation is 2. The molecule has 1 amide bonds. The first-order valence-corrected chi connectivity index (χ1v) is 9.39. The maximum Gasteiger partial charge on any atom is 0.224 e. The molecule has 1 fully saturated rings. The number of carbonyl (C=O) groups is 1. The van der Waals surface area contributed by atoms with Gasteiger partial charge in [0.2, 0.25) is 11.9 Å². The topological polar surface area (TPSA) is 88.2 Å². The summed E-state index contributed by atoms with van der Waals surface area (Å²) in [6.07, 6.45) is 1.60. The Morgan fingerprint density at radius 2 is 1.85 bits per heavy atom. The van der Waals surface area contributed by atoms with Crippen LogP contribution in [-0.4, -0.2) is 42.2 Å². The number of rotatable bonds is 7. The second-order valence-corrected chi connectivity index (χ2v) is 6.81. The molecule has 0 bridgehead atoms. The summed E-state index contributed by atoms with van der Waals surface area (Å²) in [6.45, 7) is 6.44. The van der Waals surface area contributed by atoms with Crippen LogP contribution in [0.2, 0.25) is 0 Å². The van der Waals surface area contributed by atoms with E-state index in [9.17, 15) is 4.79 Å². The van der Waals surface area contributed by atoms with Crippen LogP contribution in [0, 0.1) is 19.8 Å². The highest BCUT2D eigenvalue weighted by molar-refractivity contribution is 5.78. The zero-order chi connectivity index (χ0) is 19.1. The molecule has 144 valence electrons. The smallest absolute Gasteiger partial charge is 0.224 e. The molecule has 2 aromatic rings. The zero-order valence-corrected chi connectivity index (χ0v) is 15.9. The number of hydrogen-bond donors (Lipinski definition) is 3. The van der Waals surface area contributed by atoms with Crippen molar-refractivity contribution in [3.05, 3.63) is 41.6 Å². The summed E-state index contributed by atoms with van der Waals surface area (Å²) < 4.78 is 5.29. The Hall–Kier alpha value is -2.67. The summed E-state index contributed by atoms with van der Waals surface area (Å²) in [5.41, 5.74) is 3.06. The highest BCUT2D eigenvalue weighted by atomic mass is 16.5. The van der Waals surface area contributed by atoms with Crippen molar-refractivity contribution in [2.24, 2.45) is 5.92 Å². The van der Waals surface area contributed by atoms with Crippen LogP contribution in [0.15, 0.2) is 30.3 Å². The Bertz CT molecular complexity index is 757.